The normalized spacial score (nSPS) is 20.0. The van der Waals surface area contributed by atoms with Crippen molar-refractivity contribution in [3.8, 4) is 0 Å². The SMILES string of the molecule is CCN1CCC(CNS(=O)(=O)c2cc(N)c(C)cc2F)C1. The molecule has 1 heterocycles. The van der Waals surface area contributed by atoms with Gasteiger partial charge in [0, 0.05) is 18.8 Å². The van der Waals surface area contributed by atoms with Crippen molar-refractivity contribution in [2.24, 2.45) is 5.92 Å². The number of sulfonamides is 1. The smallest absolute Gasteiger partial charge is 0.243 e. The van der Waals surface area contributed by atoms with Gasteiger partial charge in [0.15, 0.2) is 0 Å². The van der Waals surface area contributed by atoms with E-state index in [2.05, 4.69) is 16.5 Å². The Morgan fingerprint density at radius 2 is 2.19 bits per heavy atom. The number of nitrogens with two attached hydrogens (primary N) is 1. The van der Waals surface area contributed by atoms with Crippen LogP contribution in [0.25, 0.3) is 0 Å². The van der Waals surface area contributed by atoms with Crippen molar-refractivity contribution in [3.63, 3.8) is 0 Å². The number of anilines is 1. The number of hydrogen-bond acceptors (Lipinski definition) is 4. The minimum atomic E-state index is -3.87. The first-order valence-electron chi connectivity index (χ1n) is 7.11. The molecule has 1 unspecified atom stereocenters. The van der Waals surface area contributed by atoms with Crippen LogP contribution in [0.15, 0.2) is 17.0 Å². The summed E-state index contributed by atoms with van der Waals surface area (Å²) < 4.78 is 40.8. The summed E-state index contributed by atoms with van der Waals surface area (Å²) in [5.41, 5.74) is 6.48. The second-order valence-corrected chi connectivity index (χ2v) is 7.27. The van der Waals surface area contributed by atoms with Gasteiger partial charge in [-0.15, -0.1) is 0 Å². The lowest BCUT2D eigenvalue weighted by Gasteiger charge is -2.14. The van der Waals surface area contributed by atoms with E-state index in [-0.39, 0.29) is 16.5 Å². The Morgan fingerprint density at radius 1 is 1.48 bits per heavy atom. The molecule has 1 aliphatic heterocycles. The third-order valence-electron chi connectivity index (χ3n) is 3.99. The average Bonchev–Trinajstić information content (AvgIpc) is 2.88. The van der Waals surface area contributed by atoms with Crippen molar-refractivity contribution in [3.05, 3.63) is 23.5 Å². The van der Waals surface area contributed by atoms with Crippen LogP contribution in [0.5, 0.6) is 0 Å². The molecule has 0 amide bonds. The van der Waals surface area contributed by atoms with E-state index in [1.807, 2.05) is 0 Å². The molecule has 1 aromatic carbocycles. The first kappa shape index (κ1) is 16.2. The summed E-state index contributed by atoms with van der Waals surface area (Å²) in [5.74, 6) is -0.499. The van der Waals surface area contributed by atoms with Gasteiger partial charge in [-0.2, -0.15) is 0 Å². The summed E-state index contributed by atoms with van der Waals surface area (Å²) in [6.07, 6.45) is 0.953. The molecule has 2 rings (SSSR count). The Hall–Kier alpha value is -1.18. The lowest BCUT2D eigenvalue weighted by Crippen LogP contribution is -2.31. The molecule has 5 nitrogen and oxygen atoms in total. The second-order valence-electron chi connectivity index (χ2n) is 5.54. The first-order valence-corrected chi connectivity index (χ1v) is 8.59. The van der Waals surface area contributed by atoms with Crippen LogP contribution >= 0.6 is 0 Å². The minimum absolute atomic E-state index is 0.269. The molecule has 21 heavy (non-hydrogen) atoms. The number of nitrogen functional groups attached to an aromatic ring is 1. The third-order valence-corrected chi connectivity index (χ3v) is 5.43. The van der Waals surface area contributed by atoms with Crippen molar-refractivity contribution in [1.29, 1.82) is 0 Å². The molecular weight excluding hydrogens is 293 g/mol. The zero-order chi connectivity index (χ0) is 15.6. The van der Waals surface area contributed by atoms with Crippen LogP contribution in [0, 0.1) is 18.7 Å². The summed E-state index contributed by atoms with van der Waals surface area (Å²) in [6, 6.07) is 2.33. The number of nitrogens with zero attached hydrogens (tertiary/aromatic N) is 1. The lowest BCUT2D eigenvalue weighted by atomic mass is 10.1. The maximum atomic E-state index is 13.9. The Bertz CT molecular complexity index is 619. The van der Waals surface area contributed by atoms with Crippen LogP contribution in [0.1, 0.15) is 18.9 Å². The molecule has 1 aliphatic rings. The Labute approximate surface area is 125 Å². The molecule has 1 fully saturated rings. The highest BCUT2D eigenvalue weighted by Crippen LogP contribution is 2.22. The van der Waals surface area contributed by atoms with Gasteiger partial charge in [0.2, 0.25) is 10.0 Å². The molecule has 1 atom stereocenters. The molecule has 118 valence electrons. The van der Waals surface area contributed by atoms with Crippen molar-refractivity contribution in [2.75, 3.05) is 31.9 Å². The van der Waals surface area contributed by atoms with Gasteiger partial charge < -0.3 is 10.6 Å². The van der Waals surface area contributed by atoms with E-state index in [4.69, 9.17) is 5.73 Å². The monoisotopic (exact) mass is 315 g/mol. The molecule has 7 heteroatoms. The zero-order valence-electron chi connectivity index (χ0n) is 12.4. The highest BCUT2D eigenvalue weighted by atomic mass is 32.2. The molecule has 1 saturated heterocycles. The van der Waals surface area contributed by atoms with Crippen molar-refractivity contribution in [1.82, 2.24) is 9.62 Å². The maximum Gasteiger partial charge on any atom is 0.243 e. The van der Waals surface area contributed by atoms with Crippen LogP contribution in [-0.4, -0.2) is 39.5 Å². The van der Waals surface area contributed by atoms with Gasteiger partial charge in [-0.25, -0.2) is 17.5 Å². The van der Waals surface area contributed by atoms with E-state index in [1.54, 1.807) is 6.92 Å². The van der Waals surface area contributed by atoms with E-state index >= 15 is 0 Å². The second kappa shape index (κ2) is 6.29. The van der Waals surface area contributed by atoms with Crippen LogP contribution in [0.4, 0.5) is 10.1 Å². The van der Waals surface area contributed by atoms with E-state index in [9.17, 15) is 12.8 Å². The number of aryl methyl sites for hydroxylation is 1. The quantitative estimate of drug-likeness (QED) is 0.804. The predicted octanol–water partition coefficient (Wildman–Crippen LogP) is 1.34. The van der Waals surface area contributed by atoms with Gasteiger partial charge >= 0.3 is 0 Å². The molecule has 0 aliphatic carbocycles. The van der Waals surface area contributed by atoms with E-state index < -0.39 is 15.8 Å². The molecule has 0 bridgehead atoms. The van der Waals surface area contributed by atoms with Gasteiger partial charge in [-0.1, -0.05) is 6.92 Å². The Kier molecular flexibility index (Phi) is 4.85. The molecule has 0 radical (unpaired) electrons. The van der Waals surface area contributed by atoms with Gasteiger partial charge in [-0.05, 0) is 50.0 Å². The number of nitrogens with one attached hydrogen (secondary N) is 1. The summed E-state index contributed by atoms with van der Waals surface area (Å²) >= 11 is 0. The largest absolute Gasteiger partial charge is 0.398 e. The number of halogens is 1. The fraction of sp³-hybridized carbons (Fsp3) is 0.571. The standard InChI is InChI=1S/C14H22FN3O2S/c1-3-18-5-4-11(9-18)8-17-21(19,20)14-7-13(16)10(2)6-12(14)15/h6-7,11,17H,3-5,8-9,16H2,1-2H3. The summed E-state index contributed by atoms with van der Waals surface area (Å²) in [6.45, 7) is 6.86. The third kappa shape index (κ3) is 3.72. The van der Waals surface area contributed by atoms with Crippen LogP contribution in [0.3, 0.4) is 0 Å². The van der Waals surface area contributed by atoms with Crippen molar-refractivity contribution < 1.29 is 12.8 Å². The Morgan fingerprint density at radius 3 is 2.81 bits per heavy atom. The highest BCUT2D eigenvalue weighted by Gasteiger charge is 2.25. The van der Waals surface area contributed by atoms with E-state index in [1.165, 1.54) is 6.07 Å². The minimum Gasteiger partial charge on any atom is -0.398 e. The maximum absolute atomic E-state index is 13.9. The fourth-order valence-electron chi connectivity index (χ4n) is 2.55. The van der Waals surface area contributed by atoms with Gasteiger partial charge in [0.1, 0.15) is 10.7 Å². The predicted molar refractivity (Wildman–Crippen MR) is 81.0 cm³/mol. The van der Waals surface area contributed by atoms with Gasteiger partial charge in [-0.3, -0.25) is 0 Å². The topological polar surface area (TPSA) is 75.4 Å². The zero-order valence-corrected chi connectivity index (χ0v) is 13.2. The average molecular weight is 315 g/mol. The van der Waals surface area contributed by atoms with E-state index in [0.29, 0.717) is 12.1 Å². The molecule has 3 N–H and O–H groups in total. The summed E-state index contributed by atoms with van der Waals surface area (Å²) in [4.78, 5) is 1.89. The highest BCUT2D eigenvalue weighted by molar-refractivity contribution is 7.89. The number of benzene rings is 1. The fourth-order valence-corrected chi connectivity index (χ4v) is 3.75. The lowest BCUT2D eigenvalue weighted by molar-refractivity contribution is 0.342. The Balaban J connectivity index is 2.07. The van der Waals surface area contributed by atoms with Crippen molar-refractivity contribution >= 4 is 15.7 Å². The van der Waals surface area contributed by atoms with Gasteiger partial charge in [0.05, 0.1) is 0 Å². The first-order chi connectivity index (χ1) is 9.83. The molecule has 0 saturated carbocycles. The van der Waals surface area contributed by atoms with Crippen LogP contribution in [-0.2, 0) is 10.0 Å². The van der Waals surface area contributed by atoms with E-state index in [0.717, 1.165) is 32.1 Å². The summed E-state index contributed by atoms with van der Waals surface area (Å²) in [7, 11) is -3.87. The number of rotatable bonds is 5. The van der Waals surface area contributed by atoms with Crippen LogP contribution < -0.4 is 10.5 Å². The van der Waals surface area contributed by atoms with Crippen LogP contribution in [0.2, 0.25) is 0 Å². The van der Waals surface area contributed by atoms with Gasteiger partial charge in [0.25, 0.3) is 0 Å². The molecule has 1 aromatic rings. The molecule has 0 spiro atoms. The summed E-state index contributed by atoms with van der Waals surface area (Å²) in [5, 5.41) is 0. The number of likely N-dealkylation sites (tertiary alicyclic amines) is 1. The van der Waals surface area contributed by atoms with Crippen molar-refractivity contribution in [2.45, 2.75) is 25.2 Å². The number of hydrogen-bond donors (Lipinski definition) is 2. The molecule has 0 aromatic heterocycles. The molecular formula is C14H22FN3O2S.